The summed E-state index contributed by atoms with van der Waals surface area (Å²) in [6.45, 7) is 0.917. The van der Waals surface area contributed by atoms with Gasteiger partial charge in [-0.05, 0) is 24.6 Å². The monoisotopic (exact) mass is 587 g/mol. The maximum Gasteiger partial charge on any atom is 0.452 e. The molecule has 5 atom stereocenters. The number of alkyl halides is 3. The van der Waals surface area contributed by atoms with E-state index in [9.17, 15) is 28.2 Å². The number of halogens is 4. The summed E-state index contributed by atoms with van der Waals surface area (Å²) >= 11 is 7.04. The van der Waals surface area contributed by atoms with Crippen molar-refractivity contribution in [2.75, 3.05) is 13.7 Å². The number of methoxy groups -OCH3 is 1. The summed E-state index contributed by atoms with van der Waals surface area (Å²) in [5, 5.41) is 38.1. The van der Waals surface area contributed by atoms with E-state index in [0.29, 0.717) is 11.3 Å². The number of rotatable bonds is 6. The maximum absolute atomic E-state index is 14.1. The van der Waals surface area contributed by atoms with Crippen LogP contribution in [0.25, 0.3) is 17.1 Å². The molecule has 1 saturated heterocycles. The number of benzene rings is 1. The zero-order chi connectivity index (χ0) is 28.1. The summed E-state index contributed by atoms with van der Waals surface area (Å²) < 4.78 is 55.8. The van der Waals surface area contributed by atoms with Crippen molar-refractivity contribution in [3.05, 3.63) is 61.7 Å². The van der Waals surface area contributed by atoms with Gasteiger partial charge in [0.25, 0.3) is 0 Å². The van der Waals surface area contributed by atoms with Gasteiger partial charge in [0.1, 0.15) is 36.2 Å². The third-order valence-electron chi connectivity index (χ3n) is 6.36. The summed E-state index contributed by atoms with van der Waals surface area (Å²) in [4.78, 5) is 13.9. The summed E-state index contributed by atoms with van der Waals surface area (Å²) in [6, 6.07) is 3.32. The van der Waals surface area contributed by atoms with E-state index >= 15 is 0 Å². The number of aliphatic hydroxyl groups is 2. The molecule has 3 N–H and O–H groups in total. The van der Waals surface area contributed by atoms with Gasteiger partial charge >= 0.3 is 11.0 Å². The molecule has 3 aromatic heterocycles. The molecular weight excluding hydrogens is 567 g/mol. The predicted octanol–water partition coefficient (Wildman–Crippen LogP) is 2.31. The molecule has 2 unspecified atom stereocenters. The van der Waals surface area contributed by atoms with Crippen molar-refractivity contribution >= 4 is 22.9 Å². The van der Waals surface area contributed by atoms with Gasteiger partial charge in [-0.15, -0.1) is 15.3 Å². The molecule has 5 rings (SSSR count). The van der Waals surface area contributed by atoms with E-state index in [2.05, 4.69) is 25.5 Å². The van der Waals surface area contributed by atoms with Crippen LogP contribution in [0.3, 0.4) is 0 Å². The highest BCUT2D eigenvalue weighted by Gasteiger charge is 2.51. The SMILES string of the molecule is COC1[C@@H](n2cc(-c3csc(=O)[nH]3)nn2)[C@@H](O)C(CO)O[C@H]1c1nnc(C(F)(F)F)n1-c1cc(Cl)ccc1C. The lowest BCUT2D eigenvalue weighted by atomic mass is 9.91. The second-order valence-electron chi connectivity index (χ2n) is 8.75. The van der Waals surface area contributed by atoms with Gasteiger partial charge in [-0.25, -0.2) is 4.68 Å². The van der Waals surface area contributed by atoms with Crippen molar-refractivity contribution in [2.45, 2.75) is 43.6 Å². The number of nitrogens with one attached hydrogen (secondary N) is 1. The fourth-order valence-electron chi connectivity index (χ4n) is 4.55. The van der Waals surface area contributed by atoms with Crippen molar-refractivity contribution in [2.24, 2.45) is 0 Å². The number of aromatic amines is 1. The average molecular weight is 588 g/mol. The largest absolute Gasteiger partial charge is 0.452 e. The first kappa shape index (κ1) is 27.4. The number of ether oxygens (including phenoxy) is 2. The van der Waals surface area contributed by atoms with Crippen molar-refractivity contribution < 1.29 is 32.9 Å². The van der Waals surface area contributed by atoms with Gasteiger partial charge < -0.3 is 24.7 Å². The third kappa shape index (κ3) is 4.99. The van der Waals surface area contributed by atoms with Crippen LogP contribution in [0.5, 0.6) is 0 Å². The lowest BCUT2D eigenvalue weighted by Gasteiger charge is -2.43. The number of hydrogen-bond donors (Lipinski definition) is 3. The van der Waals surface area contributed by atoms with Crippen LogP contribution < -0.4 is 4.87 Å². The van der Waals surface area contributed by atoms with Gasteiger partial charge in [0.2, 0.25) is 5.82 Å². The lowest BCUT2D eigenvalue weighted by Crippen LogP contribution is -2.53. The molecule has 1 aromatic carbocycles. The van der Waals surface area contributed by atoms with E-state index in [-0.39, 0.29) is 27.1 Å². The summed E-state index contributed by atoms with van der Waals surface area (Å²) in [6.07, 6.45) is -8.69. The van der Waals surface area contributed by atoms with Crippen LogP contribution in [0.1, 0.15) is 29.4 Å². The normalized spacial score (nSPS) is 23.8. The molecule has 1 aliphatic heterocycles. The van der Waals surface area contributed by atoms with Gasteiger partial charge in [-0.3, -0.25) is 9.36 Å². The van der Waals surface area contributed by atoms with E-state index in [4.69, 9.17) is 21.1 Å². The number of thiazole rings is 1. The Hall–Kier alpha value is -3.15. The van der Waals surface area contributed by atoms with Crippen LogP contribution in [0, 0.1) is 6.92 Å². The number of aryl methyl sites for hydroxylation is 1. The molecule has 0 saturated carbocycles. The predicted molar refractivity (Wildman–Crippen MR) is 131 cm³/mol. The molecule has 1 fully saturated rings. The maximum atomic E-state index is 14.1. The Kier molecular flexibility index (Phi) is 7.34. The minimum atomic E-state index is -4.90. The second-order valence-corrected chi connectivity index (χ2v) is 10.0. The lowest BCUT2D eigenvalue weighted by molar-refractivity contribution is -0.218. The van der Waals surface area contributed by atoms with Crippen LogP contribution >= 0.6 is 22.9 Å². The second kappa shape index (κ2) is 10.4. The molecular formula is C22H21ClF3N7O5S. The number of H-pyrrole nitrogens is 1. The van der Waals surface area contributed by atoms with Crippen molar-refractivity contribution in [1.29, 1.82) is 0 Å². The number of aliphatic hydroxyl groups excluding tert-OH is 2. The zero-order valence-electron chi connectivity index (χ0n) is 20.2. The third-order valence-corrected chi connectivity index (χ3v) is 7.26. The molecule has 4 heterocycles. The van der Waals surface area contributed by atoms with Crippen LogP contribution in [0.4, 0.5) is 13.2 Å². The van der Waals surface area contributed by atoms with Crippen molar-refractivity contribution in [3.63, 3.8) is 0 Å². The van der Waals surface area contributed by atoms with Crippen LogP contribution in [0.15, 0.2) is 34.6 Å². The Morgan fingerprint density at radius 3 is 2.69 bits per heavy atom. The molecule has 1 aliphatic rings. The Morgan fingerprint density at radius 2 is 2.05 bits per heavy atom. The van der Waals surface area contributed by atoms with E-state index in [0.717, 1.165) is 15.9 Å². The Labute approximate surface area is 226 Å². The minimum Gasteiger partial charge on any atom is -0.394 e. The molecule has 0 bridgehead atoms. The summed E-state index contributed by atoms with van der Waals surface area (Å²) in [5.41, 5.74) is 1.15. The molecule has 17 heteroatoms. The van der Waals surface area contributed by atoms with Crippen LogP contribution in [0.2, 0.25) is 5.02 Å². The summed E-state index contributed by atoms with van der Waals surface area (Å²) in [5.74, 6) is -1.62. The van der Waals surface area contributed by atoms with Crippen LogP contribution in [-0.4, -0.2) is 77.0 Å². The first-order chi connectivity index (χ1) is 18.5. The molecule has 208 valence electrons. The number of aromatic nitrogens is 7. The van der Waals surface area contributed by atoms with Crippen molar-refractivity contribution in [1.82, 2.24) is 34.7 Å². The number of nitrogens with zero attached hydrogens (tertiary/aromatic N) is 6. The van der Waals surface area contributed by atoms with E-state index in [1.807, 2.05) is 0 Å². The minimum absolute atomic E-state index is 0.0564. The highest BCUT2D eigenvalue weighted by Crippen LogP contribution is 2.42. The van der Waals surface area contributed by atoms with E-state index in [1.165, 1.54) is 30.1 Å². The molecule has 0 aliphatic carbocycles. The van der Waals surface area contributed by atoms with E-state index in [1.54, 1.807) is 18.4 Å². The molecule has 0 radical (unpaired) electrons. The summed E-state index contributed by atoms with van der Waals surface area (Å²) in [7, 11) is 1.28. The molecule has 39 heavy (non-hydrogen) atoms. The molecule has 0 spiro atoms. The number of hydrogen-bond acceptors (Lipinski definition) is 10. The van der Waals surface area contributed by atoms with Gasteiger partial charge in [0, 0.05) is 17.5 Å². The average Bonchev–Trinajstić information content (AvgIpc) is 3.64. The van der Waals surface area contributed by atoms with Crippen molar-refractivity contribution in [3.8, 4) is 17.1 Å². The Morgan fingerprint density at radius 1 is 1.28 bits per heavy atom. The zero-order valence-corrected chi connectivity index (χ0v) is 21.8. The highest BCUT2D eigenvalue weighted by molar-refractivity contribution is 7.07. The smallest absolute Gasteiger partial charge is 0.394 e. The van der Waals surface area contributed by atoms with Gasteiger partial charge in [-0.2, -0.15) is 13.2 Å². The standard InChI is InChI=1S/C22H21ClF3N7O5S/c1-9-3-4-10(23)5-13(9)33-19(29-30-20(33)22(24,25)26)18-17(37-2)15(16(35)14(7-34)38-18)32-6-11(28-31-32)12-8-39-21(36)27-12/h3-6,8,14-18,34-35H,7H2,1-2H3,(H,27,36)/t14?,15-,16-,17?,18+/m0/s1. The van der Waals surface area contributed by atoms with Gasteiger partial charge in [0.15, 0.2) is 5.82 Å². The fraction of sp³-hybridized carbons (Fsp3) is 0.409. The molecule has 12 nitrogen and oxygen atoms in total. The topological polar surface area (TPSA) is 153 Å². The first-order valence-electron chi connectivity index (χ1n) is 11.4. The van der Waals surface area contributed by atoms with Gasteiger partial charge in [-0.1, -0.05) is 34.2 Å². The highest BCUT2D eigenvalue weighted by atomic mass is 35.5. The Bertz CT molecular complexity index is 1540. The molecule has 4 aromatic rings. The van der Waals surface area contributed by atoms with Gasteiger partial charge in [0.05, 0.1) is 24.2 Å². The molecule has 0 amide bonds. The van der Waals surface area contributed by atoms with Crippen LogP contribution in [-0.2, 0) is 15.7 Å². The Balaban J connectivity index is 1.65. The fourth-order valence-corrected chi connectivity index (χ4v) is 5.28. The van der Waals surface area contributed by atoms with E-state index < -0.39 is 49.1 Å². The first-order valence-corrected chi connectivity index (χ1v) is 12.7. The quantitative estimate of drug-likeness (QED) is 0.308.